The Kier molecular flexibility index (Phi) is 6.82. The number of ether oxygens (including phenoxy) is 1. The number of benzene rings is 2. The molecule has 0 saturated carbocycles. The number of hydrogen-bond donors (Lipinski definition) is 3. The minimum Gasteiger partial charge on any atom is -0.385 e. The molecular weight excluding hydrogens is 448 g/mol. The number of anilines is 1. The number of hydrogen-bond acceptors (Lipinski definition) is 5. The molecule has 2 atom stereocenters. The quantitative estimate of drug-likeness (QED) is 0.426. The van der Waals surface area contributed by atoms with Gasteiger partial charge in [-0.2, -0.15) is 5.26 Å². The summed E-state index contributed by atoms with van der Waals surface area (Å²) in [6.45, 7) is 13.5. The summed E-state index contributed by atoms with van der Waals surface area (Å²) in [4.78, 5) is 6.12. The van der Waals surface area contributed by atoms with E-state index in [0.29, 0.717) is 11.6 Å². The average molecular weight is 487 g/mol. The van der Waals surface area contributed by atoms with E-state index < -0.39 is 6.10 Å². The number of aliphatic hydroxyl groups is 1. The molecule has 190 valence electrons. The fourth-order valence-corrected chi connectivity index (χ4v) is 6.20. The standard InChI is InChI=1S/C30H38N4O2/c1-5-20-16-23-24(17-25(20)32-10-9-21(6-2)34-11-13-36-14-12-34)30(3,4)29-27(28(23)35)22-8-7-19(18-31)15-26(22)33-29/h7-8,15-17,21,28,32-33,35H,5-6,9-14H2,1-4H3. The monoisotopic (exact) mass is 486 g/mol. The largest absolute Gasteiger partial charge is 0.385 e. The Hall–Kier alpha value is -2.85. The third-order valence-electron chi connectivity index (χ3n) is 8.32. The van der Waals surface area contributed by atoms with E-state index >= 15 is 0 Å². The Balaban J connectivity index is 1.45. The van der Waals surface area contributed by atoms with Gasteiger partial charge in [-0.05, 0) is 54.2 Å². The van der Waals surface area contributed by atoms with E-state index in [1.54, 1.807) is 0 Å². The second-order valence-corrected chi connectivity index (χ2v) is 10.7. The highest BCUT2D eigenvalue weighted by molar-refractivity contribution is 5.88. The van der Waals surface area contributed by atoms with E-state index in [-0.39, 0.29) is 5.41 Å². The van der Waals surface area contributed by atoms with E-state index in [0.717, 1.165) is 85.4 Å². The SMILES string of the molecule is CCc1cc2c(cc1NCCC(CC)N1CCOCC1)C(C)(C)c1[nH]c3cc(C#N)ccc3c1C2O. The third kappa shape index (κ3) is 4.20. The maximum Gasteiger partial charge on any atom is 0.107 e. The highest BCUT2D eigenvalue weighted by atomic mass is 16.5. The maximum absolute atomic E-state index is 11.6. The maximum atomic E-state index is 11.6. The summed E-state index contributed by atoms with van der Waals surface area (Å²) in [5.41, 5.74) is 7.72. The molecule has 1 aliphatic heterocycles. The number of nitriles is 1. The highest BCUT2D eigenvalue weighted by Gasteiger charge is 2.40. The molecule has 2 unspecified atom stereocenters. The highest BCUT2D eigenvalue weighted by Crippen LogP contribution is 2.49. The summed E-state index contributed by atoms with van der Waals surface area (Å²) >= 11 is 0. The molecule has 3 N–H and O–H groups in total. The molecule has 2 heterocycles. The van der Waals surface area contributed by atoms with E-state index in [1.807, 2.05) is 18.2 Å². The van der Waals surface area contributed by atoms with Crippen molar-refractivity contribution in [1.82, 2.24) is 9.88 Å². The van der Waals surface area contributed by atoms with Crippen LogP contribution in [0.15, 0.2) is 30.3 Å². The molecule has 0 spiro atoms. The van der Waals surface area contributed by atoms with Crippen LogP contribution in [0, 0.1) is 11.3 Å². The van der Waals surface area contributed by atoms with Crippen molar-refractivity contribution in [3.63, 3.8) is 0 Å². The van der Waals surface area contributed by atoms with Gasteiger partial charge < -0.3 is 20.1 Å². The molecule has 1 aromatic heterocycles. The third-order valence-corrected chi connectivity index (χ3v) is 8.32. The molecule has 6 nitrogen and oxygen atoms in total. The second-order valence-electron chi connectivity index (χ2n) is 10.7. The summed E-state index contributed by atoms with van der Waals surface area (Å²) < 4.78 is 5.54. The molecule has 36 heavy (non-hydrogen) atoms. The zero-order valence-electron chi connectivity index (χ0n) is 21.9. The molecule has 0 radical (unpaired) electrons. The molecule has 5 rings (SSSR count). The van der Waals surface area contributed by atoms with E-state index in [2.05, 4.69) is 61.1 Å². The van der Waals surface area contributed by atoms with Gasteiger partial charge in [-0.15, -0.1) is 0 Å². The Bertz CT molecular complexity index is 1300. The van der Waals surface area contributed by atoms with Crippen molar-refractivity contribution in [3.05, 3.63) is 63.8 Å². The molecule has 3 aromatic rings. The first-order valence-electron chi connectivity index (χ1n) is 13.4. The van der Waals surface area contributed by atoms with Crippen LogP contribution in [0.1, 0.15) is 80.2 Å². The predicted octanol–water partition coefficient (Wildman–Crippen LogP) is 5.24. The number of rotatable bonds is 7. The zero-order valence-corrected chi connectivity index (χ0v) is 21.9. The van der Waals surface area contributed by atoms with Crippen LogP contribution in [0.25, 0.3) is 10.9 Å². The van der Waals surface area contributed by atoms with Gasteiger partial charge in [0.15, 0.2) is 0 Å². The number of nitrogens with one attached hydrogen (secondary N) is 2. The van der Waals surface area contributed by atoms with Gasteiger partial charge in [0.2, 0.25) is 0 Å². The van der Waals surface area contributed by atoms with Crippen molar-refractivity contribution in [1.29, 1.82) is 5.26 Å². The van der Waals surface area contributed by atoms with Crippen LogP contribution in [0.5, 0.6) is 0 Å². The Labute approximate surface area is 214 Å². The summed E-state index contributed by atoms with van der Waals surface area (Å²) in [6, 6.07) is 12.9. The molecule has 0 bridgehead atoms. The van der Waals surface area contributed by atoms with Crippen molar-refractivity contribution in [3.8, 4) is 6.07 Å². The molecule has 0 amide bonds. The van der Waals surface area contributed by atoms with E-state index in [9.17, 15) is 10.4 Å². The van der Waals surface area contributed by atoms with Crippen LogP contribution < -0.4 is 5.32 Å². The average Bonchev–Trinajstić information content (AvgIpc) is 3.30. The van der Waals surface area contributed by atoms with Crippen molar-refractivity contribution < 1.29 is 9.84 Å². The smallest absolute Gasteiger partial charge is 0.107 e. The number of nitrogens with zero attached hydrogens (tertiary/aromatic N) is 2. The van der Waals surface area contributed by atoms with Gasteiger partial charge in [0.25, 0.3) is 0 Å². The number of aliphatic hydroxyl groups excluding tert-OH is 1. The Morgan fingerprint density at radius 3 is 2.69 bits per heavy atom. The van der Waals surface area contributed by atoms with Crippen LogP contribution in [0.4, 0.5) is 5.69 Å². The number of aryl methyl sites for hydroxylation is 1. The van der Waals surface area contributed by atoms with Crippen molar-refractivity contribution in [2.75, 3.05) is 38.2 Å². The lowest BCUT2D eigenvalue weighted by Gasteiger charge is -2.37. The van der Waals surface area contributed by atoms with Crippen molar-refractivity contribution in [2.24, 2.45) is 0 Å². The van der Waals surface area contributed by atoms with Gasteiger partial charge in [0.05, 0.1) is 24.8 Å². The molecule has 2 aliphatic rings. The lowest BCUT2D eigenvalue weighted by Crippen LogP contribution is -2.44. The van der Waals surface area contributed by atoms with Gasteiger partial charge in [-0.1, -0.05) is 39.8 Å². The van der Waals surface area contributed by atoms with Crippen LogP contribution >= 0.6 is 0 Å². The molecular formula is C30H38N4O2. The lowest BCUT2D eigenvalue weighted by molar-refractivity contribution is 0.0147. The van der Waals surface area contributed by atoms with Crippen LogP contribution in [-0.2, 0) is 16.6 Å². The first-order chi connectivity index (χ1) is 17.4. The Morgan fingerprint density at radius 2 is 2.00 bits per heavy atom. The van der Waals surface area contributed by atoms with Gasteiger partial charge >= 0.3 is 0 Å². The van der Waals surface area contributed by atoms with E-state index in [1.165, 1.54) is 11.3 Å². The zero-order chi connectivity index (χ0) is 25.4. The number of fused-ring (bicyclic) bond motifs is 4. The predicted molar refractivity (Wildman–Crippen MR) is 145 cm³/mol. The molecule has 6 heteroatoms. The first kappa shape index (κ1) is 24.8. The number of aromatic amines is 1. The van der Waals surface area contributed by atoms with Crippen LogP contribution in [0.2, 0.25) is 0 Å². The van der Waals surface area contributed by atoms with Crippen molar-refractivity contribution in [2.45, 2.75) is 64.5 Å². The van der Waals surface area contributed by atoms with Gasteiger partial charge in [0.1, 0.15) is 6.10 Å². The lowest BCUT2D eigenvalue weighted by atomic mass is 9.70. The molecule has 1 aliphatic carbocycles. The summed E-state index contributed by atoms with van der Waals surface area (Å²) in [5, 5.41) is 25.7. The normalized spacial score (nSPS) is 19.9. The second kappa shape index (κ2) is 9.89. The summed E-state index contributed by atoms with van der Waals surface area (Å²) in [5.74, 6) is 0. The molecule has 2 aromatic carbocycles. The fraction of sp³-hybridized carbons (Fsp3) is 0.500. The van der Waals surface area contributed by atoms with E-state index in [4.69, 9.17) is 4.74 Å². The first-order valence-corrected chi connectivity index (χ1v) is 13.4. The van der Waals surface area contributed by atoms with Crippen LogP contribution in [0.3, 0.4) is 0 Å². The van der Waals surface area contributed by atoms with Gasteiger partial charge in [0, 0.05) is 58.9 Å². The summed E-state index contributed by atoms with van der Waals surface area (Å²) in [7, 11) is 0. The van der Waals surface area contributed by atoms with Gasteiger partial charge in [-0.3, -0.25) is 4.90 Å². The number of morpholine rings is 1. The topological polar surface area (TPSA) is 84.3 Å². The minimum absolute atomic E-state index is 0.307. The number of H-pyrrole nitrogens is 1. The van der Waals surface area contributed by atoms with Gasteiger partial charge in [-0.25, -0.2) is 0 Å². The summed E-state index contributed by atoms with van der Waals surface area (Å²) in [6.07, 6.45) is 2.43. The minimum atomic E-state index is -0.699. The number of aromatic nitrogens is 1. The molecule has 1 saturated heterocycles. The van der Waals surface area contributed by atoms with Crippen LogP contribution in [-0.4, -0.2) is 53.9 Å². The fourth-order valence-electron chi connectivity index (χ4n) is 6.20. The molecule has 1 fully saturated rings. The van der Waals surface area contributed by atoms with Crippen molar-refractivity contribution >= 4 is 16.6 Å². The Morgan fingerprint density at radius 1 is 1.22 bits per heavy atom.